The van der Waals surface area contributed by atoms with E-state index in [1.165, 1.54) is 19.2 Å². The highest BCUT2D eigenvalue weighted by Crippen LogP contribution is 2.52. The smallest absolute Gasteiger partial charge is 0.337 e. The van der Waals surface area contributed by atoms with E-state index in [9.17, 15) is 18.4 Å². The van der Waals surface area contributed by atoms with Gasteiger partial charge in [-0.05, 0) is 75.8 Å². The first-order chi connectivity index (χ1) is 18.4. The molecule has 3 aliphatic rings. The van der Waals surface area contributed by atoms with Crippen LogP contribution in [0.1, 0.15) is 50.1 Å². The molecule has 0 N–H and O–H groups in total. The number of carbonyl (C=O) groups is 2. The van der Waals surface area contributed by atoms with E-state index >= 15 is 0 Å². The number of rotatable bonds is 5. The zero-order valence-corrected chi connectivity index (χ0v) is 20.7. The van der Waals surface area contributed by atoms with Crippen LogP contribution in [-0.2, 0) is 16.1 Å². The van der Waals surface area contributed by atoms with Gasteiger partial charge >= 0.3 is 5.97 Å². The molecular formula is C31H23F2NO4. The molecule has 0 saturated carbocycles. The fraction of sp³-hybridized carbons (Fsp3) is 0.161. The van der Waals surface area contributed by atoms with E-state index in [4.69, 9.17) is 9.47 Å². The fourth-order valence-corrected chi connectivity index (χ4v) is 5.61. The predicted molar refractivity (Wildman–Crippen MR) is 137 cm³/mol. The van der Waals surface area contributed by atoms with Crippen molar-refractivity contribution < 1.29 is 27.8 Å². The molecule has 0 spiro atoms. The zero-order chi connectivity index (χ0) is 26.6. The number of esters is 1. The topological polar surface area (TPSA) is 55.8 Å². The Kier molecular flexibility index (Phi) is 5.71. The minimum absolute atomic E-state index is 0.0756. The standard InChI is InChI=1S/C31H23F2NO4/c1-37-21-8-3-17(4-9-21)16-34-29-24-11-5-18(22-12-7-20(32)15-27(22)33)13-25(24)28(30(34)35)23-10-6-19(14-26(23)29)31(36)38-2/h3-15,28-29H,16H2,1-2H3. The van der Waals surface area contributed by atoms with Crippen molar-refractivity contribution in [3.63, 3.8) is 0 Å². The van der Waals surface area contributed by atoms with Gasteiger partial charge in [-0.1, -0.05) is 30.3 Å². The summed E-state index contributed by atoms with van der Waals surface area (Å²) in [5.74, 6) is -1.75. The number of hydrogen-bond acceptors (Lipinski definition) is 4. The fourth-order valence-electron chi connectivity index (χ4n) is 5.61. The summed E-state index contributed by atoms with van der Waals surface area (Å²) >= 11 is 0. The van der Waals surface area contributed by atoms with E-state index in [1.807, 2.05) is 41.3 Å². The number of nitrogens with zero attached hydrogens (tertiary/aromatic N) is 1. The minimum Gasteiger partial charge on any atom is -0.497 e. The molecule has 2 aliphatic heterocycles. The van der Waals surface area contributed by atoms with Crippen molar-refractivity contribution in [3.05, 3.63) is 124 Å². The summed E-state index contributed by atoms with van der Waals surface area (Å²) in [5.41, 5.74) is 5.53. The summed E-state index contributed by atoms with van der Waals surface area (Å²) in [6.07, 6.45) is 0. The summed E-state index contributed by atoms with van der Waals surface area (Å²) < 4.78 is 38.3. The highest BCUT2D eigenvalue weighted by Gasteiger charge is 2.47. The number of halogens is 2. The molecule has 1 amide bonds. The Morgan fingerprint density at radius 2 is 1.61 bits per heavy atom. The molecule has 0 saturated heterocycles. The van der Waals surface area contributed by atoms with Crippen LogP contribution < -0.4 is 4.74 Å². The number of amides is 1. The Morgan fingerprint density at radius 1 is 0.842 bits per heavy atom. The lowest BCUT2D eigenvalue weighted by Crippen LogP contribution is -2.47. The van der Waals surface area contributed by atoms with Crippen molar-refractivity contribution in [2.45, 2.75) is 18.5 Å². The van der Waals surface area contributed by atoms with E-state index < -0.39 is 29.6 Å². The Balaban J connectivity index is 1.49. The van der Waals surface area contributed by atoms with Gasteiger partial charge in [0.15, 0.2) is 0 Å². The van der Waals surface area contributed by atoms with E-state index in [0.717, 1.165) is 39.6 Å². The van der Waals surface area contributed by atoms with Crippen molar-refractivity contribution in [2.75, 3.05) is 14.2 Å². The predicted octanol–water partition coefficient (Wildman–Crippen LogP) is 6.00. The summed E-state index contributed by atoms with van der Waals surface area (Å²) in [7, 11) is 2.93. The van der Waals surface area contributed by atoms with Gasteiger partial charge in [0.2, 0.25) is 5.91 Å². The van der Waals surface area contributed by atoms with Gasteiger partial charge in [0, 0.05) is 18.2 Å². The van der Waals surface area contributed by atoms with Gasteiger partial charge in [-0.25, -0.2) is 13.6 Å². The first-order valence-corrected chi connectivity index (χ1v) is 12.1. The first kappa shape index (κ1) is 23.9. The van der Waals surface area contributed by atoms with Gasteiger partial charge in [-0.2, -0.15) is 0 Å². The monoisotopic (exact) mass is 511 g/mol. The normalized spacial score (nSPS) is 17.2. The molecule has 0 radical (unpaired) electrons. The Hall–Kier alpha value is -4.52. The van der Waals surface area contributed by atoms with Crippen LogP contribution in [0.5, 0.6) is 5.75 Å². The third-order valence-corrected chi connectivity index (χ3v) is 7.40. The molecule has 7 rings (SSSR count). The Morgan fingerprint density at radius 3 is 2.32 bits per heavy atom. The maximum Gasteiger partial charge on any atom is 0.337 e. The van der Waals surface area contributed by atoms with E-state index in [0.29, 0.717) is 17.7 Å². The van der Waals surface area contributed by atoms with Crippen LogP contribution in [0.15, 0.2) is 78.9 Å². The number of fused-ring (bicyclic) bond motifs is 1. The van der Waals surface area contributed by atoms with Crippen molar-refractivity contribution in [1.29, 1.82) is 0 Å². The van der Waals surface area contributed by atoms with Crippen LogP contribution in [-0.4, -0.2) is 31.0 Å². The third kappa shape index (κ3) is 3.74. The van der Waals surface area contributed by atoms with E-state index in [1.54, 1.807) is 31.4 Å². The largest absolute Gasteiger partial charge is 0.497 e. The van der Waals surface area contributed by atoms with Crippen LogP contribution in [0.25, 0.3) is 11.1 Å². The molecule has 190 valence electrons. The Labute approximate surface area is 218 Å². The zero-order valence-electron chi connectivity index (χ0n) is 20.7. The average Bonchev–Trinajstić information content (AvgIpc) is 2.93. The molecule has 38 heavy (non-hydrogen) atoms. The summed E-state index contributed by atoms with van der Waals surface area (Å²) in [4.78, 5) is 28.1. The molecule has 2 atom stereocenters. The van der Waals surface area contributed by atoms with E-state index in [-0.39, 0.29) is 11.5 Å². The molecule has 2 heterocycles. The van der Waals surface area contributed by atoms with Gasteiger partial charge in [0.05, 0.1) is 31.7 Å². The molecule has 0 aromatic heterocycles. The number of carbonyl (C=O) groups excluding carboxylic acids is 2. The second-order valence-corrected chi connectivity index (χ2v) is 9.45. The molecular weight excluding hydrogens is 488 g/mol. The van der Waals surface area contributed by atoms with Crippen molar-refractivity contribution >= 4 is 11.9 Å². The van der Waals surface area contributed by atoms with Crippen molar-refractivity contribution in [2.24, 2.45) is 0 Å². The number of methoxy groups -OCH3 is 2. The van der Waals surface area contributed by atoms with Crippen LogP contribution >= 0.6 is 0 Å². The second kappa shape index (κ2) is 9.10. The number of benzene rings is 4. The summed E-state index contributed by atoms with van der Waals surface area (Å²) in [5, 5.41) is 0. The van der Waals surface area contributed by atoms with Crippen LogP contribution in [0.3, 0.4) is 0 Å². The molecule has 4 aromatic carbocycles. The number of hydrogen-bond donors (Lipinski definition) is 0. The highest BCUT2D eigenvalue weighted by atomic mass is 19.1. The molecule has 2 bridgehead atoms. The van der Waals surface area contributed by atoms with Gasteiger partial charge in [0.25, 0.3) is 0 Å². The van der Waals surface area contributed by atoms with Gasteiger partial charge in [0.1, 0.15) is 17.4 Å². The molecule has 0 fully saturated rings. The molecule has 5 nitrogen and oxygen atoms in total. The average molecular weight is 512 g/mol. The lowest BCUT2D eigenvalue weighted by molar-refractivity contribution is -0.136. The lowest BCUT2D eigenvalue weighted by atomic mass is 9.69. The molecule has 2 unspecified atom stereocenters. The van der Waals surface area contributed by atoms with Crippen LogP contribution in [0.2, 0.25) is 0 Å². The first-order valence-electron chi connectivity index (χ1n) is 12.1. The van der Waals surface area contributed by atoms with Gasteiger partial charge < -0.3 is 14.4 Å². The molecule has 4 aromatic rings. The second-order valence-electron chi connectivity index (χ2n) is 9.45. The van der Waals surface area contributed by atoms with Gasteiger partial charge in [-0.15, -0.1) is 0 Å². The Bertz CT molecular complexity index is 1600. The lowest BCUT2D eigenvalue weighted by Gasteiger charge is -2.47. The summed E-state index contributed by atoms with van der Waals surface area (Å²) in [6.45, 7) is 0.361. The van der Waals surface area contributed by atoms with Gasteiger partial charge in [-0.3, -0.25) is 4.79 Å². The summed E-state index contributed by atoms with van der Waals surface area (Å²) in [6, 6.07) is 21.3. The van der Waals surface area contributed by atoms with Crippen LogP contribution in [0.4, 0.5) is 8.78 Å². The van der Waals surface area contributed by atoms with E-state index in [2.05, 4.69) is 0 Å². The maximum atomic E-state index is 14.6. The van der Waals surface area contributed by atoms with Crippen molar-refractivity contribution in [3.8, 4) is 16.9 Å². The quantitative estimate of drug-likeness (QED) is 0.308. The molecule has 1 aliphatic carbocycles. The number of ether oxygens (including phenoxy) is 2. The SMILES string of the molecule is COC(=O)c1ccc2c(c1)C1c3ccc(-c4ccc(F)cc4F)cc3C2C(=O)N1Cc1ccc(OC)cc1. The molecule has 7 heteroatoms. The maximum absolute atomic E-state index is 14.6. The van der Waals surface area contributed by atoms with Crippen molar-refractivity contribution in [1.82, 2.24) is 4.90 Å². The van der Waals surface area contributed by atoms with Crippen LogP contribution in [0, 0.1) is 11.6 Å². The third-order valence-electron chi connectivity index (χ3n) is 7.40. The minimum atomic E-state index is -0.665. The highest BCUT2D eigenvalue weighted by molar-refractivity contribution is 5.96.